The largest absolute Gasteiger partial charge is 0.300 e. The Labute approximate surface area is 109 Å². The van der Waals surface area contributed by atoms with E-state index in [2.05, 4.69) is 31.0 Å². The number of rotatable bonds is 6. The van der Waals surface area contributed by atoms with Crippen LogP contribution in [0.15, 0.2) is 24.3 Å². The molecule has 0 saturated heterocycles. The van der Waals surface area contributed by atoms with Crippen LogP contribution in [0, 0.1) is 0 Å². The van der Waals surface area contributed by atoms with Crippen molar-refractivity contribution in [1.82, 2.24) is 4.90 Å². The van der Waals surface area contributed by atoms with Gasteiger partial charge in [-0.05, 0) is 51.6 Å². The van der Waals surface area contributed by atoms with Crippen molar-refractivity contribution in [2.24, 2.45) is 0 Å². The molecule has 0 saturated carbocycles. The van der Waals surface area contributed by atoms with Crippen LogP contribution in [-0.2, 0) is 4.79 Å². The van der Waals surface area contributed by atoms with E-state index in [1.807, 2.05) is 12.1 Å². The molecule has 3 heteroatoms. The highest BCUT2D eigenvalue weighted by atomic mass is 35.5. The van der Waals surface area contributed by atoms with Gasteiger partial charge in [-0.3, -0.25) is 4.90 Å². The molecule has 0 spiro atoms. The number of ketones is 1. The molecule has 1 aromatic carbocycles. The number of hydrogen-bond donors (Lipinski definition) is 0. The summed E-state index contributed by atoms with van der Waals surface area (Å²) in [5.74, 6) is 0.262. The van der Waals surface area contributed by atoms with E-state index in [9.17, 15) is 4.79 Å². The fraction of sp³-hybridized carbons (Fsp3) is 0.500. The van der Waals surface area contributed by atoms with Gasteiger partial charge in [-0.1, -0.05) is 23.7 Å². The molecule has 0 aliphatic rings. The Hall–Kier alpha value is -0.860. The Morgan fingerprint density at radius 2 is 1.94 bits per heavy atom. The zero-order chi connectivity index (χ0) is 12.8. The van der Waals surface area contributed by atoms with Gasteiger partial charge in [0.1, 0.15) is 5.78 Å². The van der Waals surface area contributed by atoms with E-state index >= 15 is 0 Å². The molecule has 0 aliphatic heterocycles. The molecule has 94 valence electrons. The van der Waals surface area contributed by atoms with Crippen molar-refractivity contribution in [3.05, 3.63) is 34.9 Å². The normalized spacial score (nSPS) is 12.8. The van der Waals surface area contributed by atoms with Gasteiger partial charge in [0.15, 0.2) is 0 Å². The van der Waals surface area contributed by atoms with Gasteiger partial charge in [-0.15, -0.1) is 0 Å². The molecule has 17 heavy (non-hydrogen) atoms. The lowest BCUT2D eigenvalue weighted by Gasteiger charge is -2.24. The lowest BCUT2D eigenvalue weighted by molar-refractivity contribution is -0.117. The first-order chi connectivity index (χ1) is 8.00. The Morgan fingerprint density at radius 1 is 1.35 bits per heavy atom. The lowest BCUT2D eigenvalue weighted by atomic mass is 10.1. The zero-order valence-electron chi connectivity index (χ0n) is 10.7. The maximum Gasteiger partial charge on any atom is 0.129 e. The van der Waals surface area contributed by atoms with Gasteiger partial charge in [0.25, 0.3) is 0 Å². The van der Waals surface area contributed by atoms with E-state index in [0.717, 1.165) is 18.0 Å². The van der Waals surface area contributed by atoms with Gasteiger partial charge in [0, 0.05) is 17.5 Å². The monoisotopic (exact) mass is 253 g/mol. The van der Waals surface area contributed by atoms with Crippen LogP contribution in [-0.4, -0.2) is 24.3 Å². The third-order valence-corrected chi connectivity index (χ3v) is 3.31. The standard InChI is InChI=1S/C14H20ClNO/c1-11(17)5-4-10-16(3)12(2)13-6-8-14(15)9-7-13/h6-9,12H,4-5,10H2,1-3H3. The highest BCUT2D eigenvalue weighted by molar-refractivity contribution is 6.30. The summed E-state index contributed by atoms with van der Waals surface area (Å²) >= 11 is 5.86. The summed E-state index contributed by atoms with van der Waals surface area (Å²) in [6, 6.07) is 8.27. The topological polar surface area (TPSA) is 20.3 Å². The first kappa shape index (κ1) is 14.2. The summed E-state index contributed by atoms with van der Waals surface area (Å²) in [6.45, 7) is 4.74. The average molecular weight is 254 g/mol. The fourth-order valence-electron chi connectivity index (χ4n) is 1.77. The SMILES string of the molecule is CC(=O)CCCN(C)C(C)c1ccc(Cl)cc1. The highest BCUT2D eigenvalue weighted by Gasteiger charge is 2.11. The van der Waals surface area contributed by atoms with E-state index in [-0.39, 0.29) is 5.78 Å². The van der Waals surface area contributed by atoms with Crippen LogP contribution in [0.2, 0.25) is 5.02 Å². The Kier molecular flexibility index (Phi) is 5.66. The molecular weight excluding hydrogens is 234 g/mol. The van der Waals surface area contributed by atoms with Crippen LogP contribution in [0.3, 0.4) is 0 Å². The lowest BCUT2D eigenvalue weighted by Crippen LogP contribution is -2.23. The molecule has 2 nitrogen and oxygen atoms in total. The van der Waals surface area contributed by atoms with Gasteiger partial charge in [-0.2, -0.15) is 0 Å². The number of carbonyl (C=O) groups excluding carboxylic acids is 1. The molecule has 1 unspecified atom stereocenters. The van der Waals surface area contributed by atoms with Gasteiger partial charge < -0.3 is 4.79 Å². The smallest absolute Gasteiger partial charge is 0.129 e. The third-order valence-electron chi connectivity index (χ3n) is 3.05. The van der Waals surface area contributed by atoms with Crippen molar-refractivity contribution in [2.45, 2.75) is 32.7 Å². The summed E-state index contributed by atoms with van der Waals surface area (Å²) in [4.78, 5) is 13.1. The molecule has 1 aromatic rings. The van der Waals surface area contributed by atoms with Crippen molar-refractivity contribution in [1.29, 1.82) is 0 Å². The summed E-state index contributed by atoms with van der Waals surface area (Å²) in [7, 11) is 2.08. The molecule has 0 aliphatic carbocycles. The molecule has 0 bridgehead atoms. The summed E-state index contributed by atoms with van der Waals surface area (Å²) in [5, 5.41) is 0.764. The molecule has 0 heterocycles. The van der Waals surface area contributed by atoms with Crippen molar-refractivity contribution in [3.63, 3.8) is 0 Å². The van der Waals surface area contributed by atoms with E-state index in [4.69, 9.17) is 11.6 Å². The van der Waals surface area contributed by atoms with Crippen LogP contribution >= 0.6 is 11.6 Å². The summed E-state index contributed by atoms with van der Waals surface area (Å²) in [6.07, 6.45) is 1.58. The van der Waals surface area contributed by atoms with Crippen LogP contribution < -0.4 is 0 Å². The van der Waals surface area contributed by atoms with E-state index in [0.29, 0.717) is 12.5 Å². The maximum atomic E-state index is 10.9. The molecule has 0 fully saturated rings. The number of halogens is 1. The maximum absolute atomic E-state index is 10.9. The Morgan fingerprint density at radius 3 is 2.47 bits per heavy atom. The van der Waals surface area contributed by atoms with Gasteiger partial charge in [-0.25, -0.2) is 0 Å². The van der Waals surface area contributed by atoms with Crippen LogP contribution in [0.1, 0.15) is 38.3 Å². The predicted molar refractivity (Wildman–Crippen MR) is 72.4 cm³/mol. The van der Waals surface area contributed by atoms with Crippen LogP contribution in [0.5, 0.6) is 0 Å². The molecule has 0 amide bonds. The minimum absolute atomic E-state index is 0.262. The minimum Gasteiger partial charge on any atom is -0.300 e. The van der Waals surface area contributed by atoms with Crippen molar-refractivity contribution in [3.8, 4) is 0 Å². The van der Waals surface area contributed by atoms with Crippen molar-refractivity contribution in [2.75, 3.05) is 13.6 Å². The first-order valence-electron chi connectivity index (χ1n) is 5.96. The highest BCUT2D eigenvalue weighted by Crippen LogP contribution is 2.20. The summed E-state index contributed by atoms with van der Waals surface area (Å²) < 4.78 is 0. The first-order valence-corrected chi connectivity index (χ1v) is 6.33. The molecular formula is C14H20ClNO. The molecule has 1 rings (SSSR count). The number of benzene rings is 1. The Balaban J connectivity index is 2.48. The summed E-state index contributed by atoms with van der Waals surface area (Å²) in [5.41, 5.74) is 1.25. The predicted octanol–water partition coefficient (Wildman–Crippen LogP) is 3.70. The van der Waals surface area contributed by atoms with E-state index in [1.165, 1.54) is 5.56 Å². The number of carbonyl (C=O) groups is 1. The second-order valence-corrected chi connectivity index (χ2v) is 4.95. The molecule has 0 aromatic heterocycles. The quantitative estimate of drug-likeness (QED) is 0.771. The number of hydrogen-bond acceptors (Lipinski definition) is 2. The van der Waals surface area contributed by atoms with Gasteiger partial charge in [0.05, 0.1) is 0 Å². The van der Waals surface area contributed by atoms with E-state index in [1.54, 1.807) is 6.92 Å². The second-order valence-electron chi connectivity index (χ2n) is 4.51. The number of Topliss-reactive ketones (excluding diaryl/α,β-unsaturated/α-hetero) is 1. The van der Waals surface area contributed by atoms with E-state index < -0.39 is 0 Å². The van der Waals surface area contributed by atoms with Gasteiger partial charge in [0.2, 0.25) is 0 Å². The fourth-order valence-corrected chi connectivity index (χ4v) is 1.89. The molecule has 0 radical (unpaired) electrons. The Bertz CT molecular complexity index is 361. The second kappa shape index (κ2) is 6.77. The molecule has 1 atom stereocenters. The van der Waals surface area contributed by atoms with Crippen LogP contribution in [0.4, 0.5) is 0 Å². The zero-order valence-corrected chi connectivity index (χ0v) is 11.5. The minimum atomic E-state index is 0.262. The van der Waals surface area contributed by atoms with Crippen molar-refractivity contribution < 1.29 is 4.79 Å². The van der Waals surface area contributed by atoms with Gasteiger partial charge >= 0.3 is 0 Å². The van der Waals surface area contributed by atoms with Crippen molar-refractivity contribution >= 4 is 17.4 Å². The third kappa shape index (κ3) is 4.88. The number of nitrogens with zero attached hydrogens (tertiary/aromatic N) is 1. The molecule has 0 N–H and O–H groups in total. The van der Waals surface area contributed by atoms with Crippen LogP contribution in [0.25, 0.3) is 0 Å². The average Bonchev–Trinajstić information content (AvgIpc) is 2.28.